The minimum Gasteiger partial charge on any atom is -0.398 e. The molecule has 0 fully saturated rings. The lowest BCUT2D eigenvalue weighted by Gasteiger charge is -2.07. The third-order valence-electron chi connectivity index (χ3n) is 2.45. The van der Waals surface area contributed by atoms with E-state index >= 15 is 0 Å². The summed E-state index contributed by atoms with van der Waals surface area (Å²) in [4.78, 5) is 18.3. The largest absolute Gasteiger partial charge is 0.398 e. The molecule has 88 valence electrons. The fraction of sp³-hybridized carbons (Fsp3) is 0.167. The molecule has 2 rings (SSSR count). The summed E-state index contributed by atoms with van der Waals surface area (Å²) in [6, 6.07) is 5.30. The first kappa shape index (κ1) is 11.2. The molecule has 0 unspecified atom stereocenters. The monoisotopic (exact) mass is 230 g/mol. The van der Waals surface area contributed by atoms with Crippen molar-refractivity contribution in [2.75, 3.05) is 11.1 Å². The first-order valence-corrected chi connectivity index (χ1v) is 5.29. The first-order valence-electron chi connectivity index (χ1n) is 5.29. The topological polar surface area (TPSA) is 83.8 Å². The predicted molar refractivity (Wildman–Crippen MR) is 66.8 cm³/mol. The van der Waals surface area contributed by atoms with Gasteiger partial charge in [0.15, 0.2) is 5.78 Å². The summed E-state index contributed by atoms with van der Waals surface area (Å²) in [5, 5.41) is 3.17. The molecule has 0 amide bonds. The lowest BCUT2D eigenvalue weighted by molar-refractivity contribution is 0.101. The van der Waals surface area contributed by atoms with Gasteiger partial charge in [0.05, 0.1) is 6.54 Å². The standard InChI is InChI=1S/C12H14N4O/c1-8(17)10-3-2-9(6-11(10)13)16-7-12-14-4-5-15-12/h2-6,16H,7,13H2,1H3,(H,14,15). The minimum absolute atomic E-state index is 0.0277. The number of carbonyl (C=O) groups excluding carboxylic acids is 1. The van der Waals surface area contributed by atoms with E-state index in [0.29, 0.717) is 17.8 Å². The van der Waals surface area contributed by atoms with Crippen molar-refractivity contribution >= 4 is 17.2 Å². The number of H-pyrrole nitrogens is 1. The number of nitrogen functional groups attached to an aromatic ring is 1. The molecule has 0 atom stereocenters. The molecule has 0 aliphatic carbocycles. The van der Waals surface area contributed by atoms with Crippen molar-refractivity contribution in [1.82, 2.24) is 9.97 Å². The van der Waals surface area contributed by atoms with Crippen LogP contribution in [0.5, 0.6) is 0 Å². The number of nitrogens with one attached hydrogen (secondary N) is 2. The van der Waals surface area contributed by atoms with Crippen molar-refractivity contribution in [3.05, 3.63) is 42.0 Å². The van der Waals surface area contributed by atoms with Gasteiger partial charge in [-0.1, -0.05) is 0 Å². The van der Waals surface area contributed by atoms with Gasteiger partial charge in [-0.15, -0.1) is 0 Å². The van der Waals surface area contributed by atoms with Crippen LogP contribution in [0.1, 0.15) is 23.1 Å². The van der Waals surface area contributed by atoms with Gasteiger partial charge >= 0.3 is 0 Å². The zero-order valence-corrected chi connectivity index (χ0v) is 9.53. The van der Waals surface area contributed by atoms with Crippen LogP contribution in [0.25, 0.3) is 0 Å². The smallest absolute Gasteiger partial charge is 0.161 e. The second kappa shape index (κ2) is 4.69. The number of nitrogens with two attached hydrogens (primary N) is 1. The summed E-state index contributed by atoms with van der Waals surface area (Å²) >= 11 is 0. The minimum atomic E-state index is -0.0277. The molecule has 0 saturated carbocycles. The predicted octanol–water partition coefficient (Wildman–Crippen LogP) is 1.81. The third-order valence-corrected chi connectivity index (χ3v) is 2.45. The Balaban J connectivity index is 2.07. The zero-order valence-electron chi connectivity index (χ0n) is 9.53. The van der Waals surface area contributed by atoms with Crippen molar-refractivity contribution in [2.24, 2.45) is 0 Å². The molecule has 0 radical (unpaired) electrons. The molecule has 0 aliphatic rings. The molecule has 0 bridgehead atoms. The fourth-order valence-corrected chi connectivity index (χ4v) is 1.57. The number of rotatable bonds is 4. The van der Waals surface area contributed by atoms with Gasteiger partial charge in [-0.2, -0.15) is 0 Å². The maximum Gasteiger partial charge on any atom is 0.161 e. The Labute approximate surface area is 99.1 Å². The van der Waals surface area contributed by atoms with E-state index < -0.39 is 0 Å². The number of nitrogens with zero attached hydrogens (tertiary/aromatic N) is 1. The molecule has 2 aromatic rings. The quantitative estimate of drug-likeness (QED) is 0.552. The Morgan fingerprint density at radius 2 is 2.35 bits per heavy atom. The van der Waals surface area contributed by atoms with Crippen molar-refractivity contribution in [1.29, 1.82) is 0 Å². The normalized spacial score (nSPS) is 10.2. The van der Waals surface area contributed by atoms with Gasteiger partial charge < -0.3 is 16.0 Å². The molecular formula is C12H14N4O. The van der Waals surface area contributed by atoms with Crippen molar-refractivity contribution < 1.29 is 4.79 Å². The Hall–Kier alpha value is -2.30. The Morgan fingerprint density at radius 1 is 1.53 bits per heavy atom. The molecule has 1 aromatic heterocycles. The van der Waals surface area contributed by atoms with E-state index in [-0.39, 0.29) is 5.78 Å². The van der Waals surface area contributed by atoms with Crippen LogP contribution in [0.4, 0.5) is 11.4 Å². The SMILES string of the molecule is CC(=O)c1ccc(NCc2ncc[nH]2)cc1N. The maximum absolute atomic E-state index is 11.2. The highest BCUT2D eigenvalue weighted by atomic mass is 16.1. The Kier molecular flexibility index (Phi) is 3.09. The molecule has 5 heteroatoms. The number of benzene rings is 1. The average Bonchev–Trinajstić information content (AvgIpc) is 2.78. The lowest BCUT2D eigenvalue weighted by atomic mass is 10.1. The summed E-state index contributed by atoms with van der Waals surface area (Å²) in [6.07, 6.45) is 3.47. The van der Waals surface area contributed by atoms with Crippen LogP contribution in [0.3, 0.4) is 0 Å². The van der Waals surface area contributed by atoms with E-state index in [1.165, 1.54) is 6.92 Å². The van der Waals surface area contributed by atoms with E-state index in [1.54, 1.807) is 24.5 Å². The Morgan fingerprint density at radius 3 is 2.94 bits per heavy atom. The van der Waals surface area contributed by atoms with Gasteiger partial charge in [0.1, 0.15) is 5.82 Å². The summed E-state index contributed by atoms with van der Waals surface area (Å²) in [6.45, 7) is 2.09. The second-order valence-electron chi connectivity index (χ2n) is 3.75. The summed E-state index contributed by atoms with van der Waals surface area (Å²) < 4.78 is 0. The molecule has 17 heavy (non-hydrogen) atoms. The van der Waals surface area contributed by atoms with Crippen molar-refractivity contribution in [2.45, 2.75) is 13.5 Å². The third kappa shape index (κ3) is 2.63. The molecule has 0 saturated heterocycles. The lowest BCUT2D eigenvalue weighted by Crippen LogP contribution is -2.04. The highest BCUT2D eigenvalue weighted by Crippen LogP contribution is 2.18. The van der Waals surface area contributed by atoms with E-state index in [1.807, 2.05) is 6.07 Å². The van der Waals surface area contributed by atoms with Gasteiger partial charge in [-0.05, 0) is 25.1 Å². The number of aromatic amines is 1. The molecule has 0 aliphatic heterocycles. The molecule has 5 nitrogen and oxygen atoms in total. The molecule has 0 spiro atoms. The van der Waals surface area contributed by atoms with Crippen LogP contribution >= 0.6 is 0 Å². The van der Waals surface area contributed by atoms with Gasteiger partial charge in [0, 0.05) is 29.3 Å². The van der Waals surface area contributed by atoms with Crippen LogP contribution < -0.4 is 11.1 Å². The van der Waals surface area contributed by atoms with E-state index in [9.17, 15) is 4.79 Å². The summed E-state index contributed by atoms with van der Waals surface area (Å²) in [7, 11) is 0. The molecule has 4 N–H and O–H groups in total. The second-order valence-corrected chi connectivity index (χ2v) is 3.75. The first-order chi connectivity index (χ1) is 8.16. The van der Waals surface area contributed by atoms with E-state index in [2.05, 4.69) is 15.3 Å². The Bertz CT molecular complexity index is 519. The fourth-order valence-electron chi connectivity index (χ4n) is 1.57. The number of anilines is 2. The summed E-state index contributed by atoms with van der Waals surface area (Å²) in [5.41, 5.74) is 7.69. The number of hydrogen-bond acceptors (Lipinski definition) is 4. The highest BCUT2D eigenvalue weighted by molar-refractivity contribution is 5.99. The van der Waals surface area contributed by atoms with Crippen molar-refractivity contribution in [3.63, 3.8) is 0 Å². The van der Waals surface area contributed by atoms with Crippen molar-refractivity contribution in [3.8, 4) is 0 Å². The number of aromatic nitrogens is 2. The number of ketones is 1. The van der Waals surface area contributed by atoms with E-state index in [0.717, 1.165) is 11.5 Å². The summed E-state index contributed by atoms with van der Waals surface area (Å²) in [5.74, 6) is 0.819. The van der Waals surface area contributed by atoms with Gasteiger partial charge in [-0.3, -0.25) is 4.79 Å². The number of Topliss-reactive ketones (excluding diaryl/α,β-unsaturated/α-hetero) is 1. The van der Waals surface area contributed by atoms with Crippen LogP contribution in [-0.4, -0.2) is 15.8 Å². The number of hydrogen-bond donors (Lipinski definition) is 3. The van der Waals surface area contributed by atoms with Gasteiger partial charge in [0.25, 0.3) is 0 Å². The van der Waals surface area contributed by atoms with Crippen LogP contribution in [0.2, 0.25) is 0 Å². The highest BCUT2D eigenvalue weighted by Gasteiger charge is 2.05. The number of carbonyl (C=O) groups is 1. The average molecular weight is 230 g/mol. The molecule has 1 aromatic carbocycles. The van der Waals surface area contributed by atoms with Gasteiger partial charge in [0.2, 0.25) is 0 Å². The van der Waals surface area contributed by atoms with Crippen LogP contribution in [0.15, 0.2) is 30.6 Å². The zero-order chi connectivity index (χ0) is 12.3. The number of imidazole rings is 1. The van der Waals surface area contributed by atoms with E-state index in [4.69, 9.17) is 5.73 Å². The van der Waals surface area contributed by atoms with Crippen LogP contribution in [-0.2, 0) is 6.54 Å². The molecule has 1 heterocycles. The van der Waals surface area contributed by atoms with Gasteiger partial charge in [-0.25, -0.2) is 4.98 Å². The van der Waals surface area contributed by atoms with Crippen LogP contribution in [0, 0.1) is 0 Å². The maximum atomic E-state index is 11.2. The molecular weight excluding hydrogens is 216 g/mol.